The van der Waals surface area contributed by atoms with Crippen LogP contribution in [0, 0.1) is 11.8 Å². The Morgan fingerprint density at radius 1 is 1.50 bits per heavy atom. The average molecular weight is 293 g/mol. The fourth-order valence-corrected chi connectivity index (χ4v) is 2.21. The van der Waals surface area contributed by atoms with Crippen molar-refractivity contribution in [3.8, 4) is 11.8 Å². The van der Waals surface area contributed by atoms with Gasteiger partial charge in [0.15, 0.2) is 0 Å². The van der Waals surface area contributed by atoms with E-state index in [4.69, 9.17) is 22.1 Å². The highest BCUT2D eigenvalue weighted by molar-refractivity contribution is 6.30. The summed E-state index contributed by atoms with van der Waals surface area (Å²) in [6.07, 6.45) is 2.40. The molecule has 2 rings (SSSR count). The van der Waals surface area contributed by atoms with Crippen LogP contribution in [0.25, 0.3) is 0 Å². The second-order valence-corrected chi connectivity index (χ2v) is 4.98. The molecule has 1 saturated heterocycles. The van der Waals surface area contributed by atoms with Crippen molar-refractivity contribution in [1.82, 2.24) is 0 Å². The standard InChI is InChI=1S/C15H17ClN2O2/c16-12-6-7-13(11(10-12)4-3-8-17)18-15(19)14-5-1-2-9-20-14/h6-7,10,14H,1-2,5,8-9,17H2,(H,18,19). The Morgan fingerprint density at radius 3 is 3.05 bits per heavy atom. The van der Waals surface area contributed by atoms with Gasteiger partial charge in [-0.3, -0.25) is 4.79 Å². The van der Waals surface area contributed by atoms with Crippen molar-refractivity contribution in [1.29, 1.82) is 0 Å². The van der Waals surface area contributed by atoms with Crippen molar-refractivity contribution < 1.29 is 9.53 Å². The molecule has 0 aromatic heterocycles. The molecule has 1 amide bonds. The Labute approximate surface area is 123 Å². The summed E-state index contributed by atoms with van der Waals surface area (Å²) in [6, 6.07) is 5.16. The van der Waals surface area contributed by atoms with Gasteiger partial charge < -0.3 is 15.8 Å². The molecule has 5 heteroatoms. The van der Waals surface area contributed by atoms with E-state index in [2.05, 4.69) is 17.2 Å². The summed E-state index contributed by atoms with van der Waals surface area (Å²) in [5.74, 6) is 5.53. The number of rotatable bonds is 2. The van der Waals surface area contributed by atoms with Crippen LogP contribution in [0.2, 0.25) is 5.02 Å². The van der Waals surface area contributed by atoms with Crippen LogP contribution in [0.5, 0.6) is 0 Å². The fraction of sp³-hybridized carbons (Fsp3) is 0.400. The summed E-state index contributed by atoms with van der Waals surface area (Å²) in [4.78, 5) is 12.1. The summed E-state index contributed by atoms with van der Waals surface area (Å²) in [5, 5.41) is 3.42. The van der Waals surface area contributed by atoms with Crippen molar-refractivity contribution in [3.05, 3.63) is 28.8 Å². The van der Waals surface area contributed by atoms with Gasteiger partial charge in [0, 0.05) is 17.2 Å². The Hall–Kier alpha value is -1.54. The lowest BCUT2D eigenvalue weighted by Gasteiger charge is -2.22. The molecule has 1 aliphatic heterocycles. The summed E-state index contributed by atoms with van der Waals surface area (Å²) in [6.45, 7) is 0.893. The van der Waals surface area contributed by atoms with E-state index in [0.717, 1.165) is 19.3 Å². The van der Waals surface area contributed by atoms with Crippen LogP contribution >= 0.6 is 11.6 Å². The highest BCUT2D eigenvalue weighted by Crippen LogP contribution is 2.21. The topological polar surface area (TPSA) is 64.3 Å². The second-order valence-electron chi connectivity index (χ2n) is 4.54. The number of carbonyl (C=O) groups excluding carboxylic acids is 1. The number of nitrogens with one attached hydrogen (secondary N) is 1. The van der Waals surface area contributed by atoms with Gasteiger partial charge in [-0.2, -0.15) is 0 Å². The minimum Gasteiger partial charge on any atom is -0.368 e. The predicted molar refractivity (Wildman–Crippen MR) is 79.6 cm³/mol. The fourth-order valence-electron chi connectivity index (χ4n) is 2.04. The SMILES string of the molecule is NCC#Cc1cc(Cl)ccc1NC(=O)C1CCCCO1. The number of benzene rings is 1. The lowest BCUT2D eigenvalue weighted by molar-refractivity contribution is -0.129. The molecule has 1 aliphatic rings. The molecule has 0 radical (unpaired) electrons. The van der Waals surface area contributed by atoms with Crippen molar-refractivity contribution >= 4 is 23.2 Å². The first kappa shape index (κ1) is 14.9. The van der Waals surface area contributed by atoms with Gasteiger partial charge >= 0.3 is 0 Å². The van der Waals surface area contributed by atoms with E-state index in [9.17, 15) is 4.79 Å². The number of nitrogens with two attached hydrogens (primary N) is 1. The summed E-state index contributed by atoms with van der Waals surface area (Å²) in [5.41, 5.74) is 6.66. The Kier molecular flexibility index (Phi) is 5.42. The first-order chi connectivity index (χ1) is 9.70. The molecule has 0 bridgehead atoms. The molecule has 0 aliphatic carbocycles. The van der Waals surface area contributed by atoms with Gasteiger partial charge in [0.05, 0.1) is 12.2 Å². The maximum absolute atomic E-state index is 12.1. The summed E-state index contributed by atoms with van der Waals surface area (Å²) < 4.78 is 5.46. The maximum atomic E-state index is 12.1. The largest absolute Gasteiger partial charge is 0.368 e. The molecule has 0 spiro atoms. The summed E-state index contributed by atoms with van der Waals surface area (Å²) >= 11 is 5.94. The molecule has 106 valence electrons. The van der Waals surface area contributed by atoms with Gasteiger partial charge in [0.1, 0.15) is 6.10 Å². The van der Waals surface area contributed by atoms with Crippen LogP contribution in [0.4, 0.5) is 5.69 Å². The number of halogens is 1. The third-order valence-electron chi connectivity index (χ3n) is 3.04. The number of carbonyl (C=O) groups is 1. The summed E-state index contributed by atoms with van der Waals surface area (Å²) in [7, 11) is 0. The number of hydrogen-bond acceptors (Lipinski definition) is 3. The van der Waals surface area contributed by atoms with Gasteiger partial charge in [-0.15, -0.1) is 0 Å². The molecular formula is C15H17ClN2O2. The predicted octanol–water partition coefficient (Wildman–Crippen LogP) is 2.16. The Balaban J connectivity index is 2.13. The van der Waals surface area contributed by atoms with Crippen LogP contribution in [0.3, 0.4) is 0 Å². The normalized spacial score (nSPS) is 18.0. The first-order valence-corrected chi connectivity index (χ1v) is 6.99. The van der Waals surface area contributed by atoms with Crippen LogP contribution in [-0.2, 0) is 9.53 Å². The molecule has 20 heavy (non-hydrogen) atoms. The minimum absolute atomic E-state index is 0.136. The van der Waals surface area contributed by atoms with E-state index >= 15 is 0 Å². The lowest BCUT2D eigenvalue weighted by atomic mass is 10.1. The number of ether oxygens (including phenoxy) is 1. The molecule has 0 saturated carbocycles. The third kappa shape index (κ3) is 3.97. The van der Waals surface area contributed by atoms with E-state index in [0.29, 0.717) is 22.9 Å². The smallest absolute Gasteiger partial charge is 0.253 e. The first-order valence-electron chi connectivity index (χ1n) is 6.61. The molecule has 1 aromatic carbocycles. The molecule has 4 nitrogen and oxygen atoms in total. The lowest BCUT2D eigenvalue weighted by Crippen LogP contribution is -2.33. The van der Waals surface area contributed by atoms with Crippen molar-refractivity contribution in [2.45, 2.75) is 25.4 Å². The molecule has 1 heterocycles. The monoisotopic (exact) mass is 292 g/mol. The van der Waals surface area contributed by atoms with Crippen molar-refractivity contribution in [3.63, 3.8) is 0 Å². The molecule has 1 fully saturated rings. The van der Waals surface area contributed by atoms with Crippen LogP contribution in [-0.4, -0.2) is 25.2 Å². The van der Waals surface area contributed by atoms with Gasteiger partial charge in [0.25, 0.3) is 5.91 Å². The average Bonchev–Trinajstić information content (AvgIpc) is 2.48. The van der Waals surface area contributed by atoms with E-state index in [1.165, 1.54) is 0 Å². The van der Waals surface area contributed by atoms with Gasteiger partial charge in [-0.05, 0) is 37.5 Å². The van der Waals surface area contributed by atoms with E-state index in [-0.39, 0.29) is 18.6 Å². The van der Waals surface area contributed by atoms with E-state index in [1.54, 1.807) is 18.2 Å². The molecular weight excluding hydrogens is 276 g/mol. The quantitative estimate of drug-likeness (QED) is 0.821. The second kappa shape index (κ2) is 7.30. The number of anilines is 1. The number of amides is 1. The Morgan fingerprint density at radius 2 is 2.35 bits per heavy atom. The zero-order valence-electron chi connectivity index (χ0n) is 11.1. The highest BCUT2D eigenvalue weighted by Gasteiger charge is 2.22. The van der Waals surface area contributed by atoms with Gasteiger partial charge in [-0.1, -0.05) is 23.4 Å². The molecule has 1 unspecified atom stereocenters. The third-order valence-corrected chi connectivity index (χ3v) is 3.27. The maximum Gasteiger partial charge on any atom is 0.253 e. The van der Waals surface area contributed by atoms with Gasteiger partial charge in [0.2, 0.25) is 0 Å². The van der Waals surface area contributed by atoms with Crippen LogP contribution in [0.1, 0.15) is 24.8 Å². The van der Waals surface area contributed by atoms with E-state index < -0.39 is 0 Å². The highest BCUT2D eigenvalue weighted by atomic mass is 35.5. The number of hydrogen-bond donors (Lipinski definition) is 2. The van der Waals surface area contributed by atoms with Gasteiger partial charge in [-0.25, -0.2) is 0 Å². The van der Waals surface area contributed by atoms with E-state index in [1.807, 2.05) is 0 Å². The molecule has 3 N–H and O–H groups in total. The van der Waals surface area contributed by atoms with Crippen LogP contribution < -0.4 is 11.1 Å². The van der Waals surface area contributed by atoms with Crippen LogP contribution in [0.15, 0.2) is 18.2 Å². The van der Waals surface area contributed by atoms with Crippen molar-refractivity contribution in [2.24, 2.45) is 5.73 Å². The molecule has 1 aromatic rings. The minimum atomic E-state index is -0.380. The van der Waals surface area contributed by atoms with Crippen molar-refractivity contribution in [2.75, 3.05) is 18.5 Å². The molecule has 1 atom stereocenters. The zero-order valence-corrected chi connectivity index (χ0v) is 11.9. The zero-order chi connectivity index (χ0) is 14.4. The Bertz CT molecular complexity index is 543.